The fraction of sp³-hybridized carbons (Fsp3) is 0.467. The molecule has 1 aliphatic carbocycles. The molecule has 0 unspecified atom stereocenters. The van der Waals surface area contributed by atoms with Crippen molar-refractivity contribution in [2.24, 2.45) is 5.92 Å². The van der Waals surface area contributed by atoms with Crippen molar-refractivity contribution in [3.8, 4) is 0 Å². The molecule has 1 saturated carbocycles. The lowest BCUT2D eigenvalue weighted by molar-refractivity contribution is 0.0717. The monoisotopic (exact) mass is 244 g/mol. The van der Waals surface area contributed by atoms with Crippen molar-refractivity contribution in [1.82, 2.24) is 9.88 Å². The Morgan fingerprint density at radius 2 is 2.22 bits per heavy atom. The van der Waals surface area contributed by atoms with E-state index in [1.165, 1.54) is 29.3 Å². The molecule has 1 heterocycles. The van der Waals surface area contributed by atoms with Crippen LogP contribution in [0.1, 0.15) is 18.4 Å². The van der Waals surface area contributed by atoms with Crippen LogP contribution in [-0.4, -0.2) is 18.2 Å². The number of hydrogen-bond donors (Lipinski definition) is 1. The normalized spacial score (nSPS) is 15.4. The maximum atomic E-state index is 5.79. The van der Waals surface area contributed by atoms with Gasteiger partial charge in [0.2, 0.25) is 0 Å². The number of hydrogen-bond acceptors (Lipinski definition) is 2. The summed E-state index contributed by atoms with van der Waals surface area (Å²) in [6.45, 7) is 2.47. The summed E-state index contributed by atoms with van der Waals surface area (Å²) < 4.78 is 8.00. The molecule has 0 saturated heterocycles. The van der Waals surface area contributed by atoms with Gasteiger partial charge in [-0.05, 0) is 42.8 Å². The van der Waals surface area contributed by atoms with Gasteiger partial charge in [-0.15, -0.1) is 0 Å². The predicted molar refractivity (Wildman–Crippen MR) is 73.4 cm³/mol. The van der Waals surface area contributed by atoms with Crippen molar-refractivity contribution in [2.45, 2.75) is 26.1 Å². The first-order chi connectivity index (χ1) is 8.88. The summed E-state index contributed by atoms with van der Waals surface area (Å²) >= 11 is 0. The van der Waals surface area contributed by atoms with Crippen LogP contribution < -0.4 is 5.32 Å². The molecule has 0 bridgehead atoms. The van der Waals surface area contributed by atoms with Crippen molar-refractivity contribution < 1.29 is 4.74 Å². The molecule has 18 heavy (non-hydrogen) atoms. The third-order valence-electron chi connectivity index (χ3n) is 3.52. The molecule has 3 rings (SSSR count). The third-order valence-corrected chi connectivity index (χ3v) is 3.52. The molecule has 1 aliphatic rings. The molecule has 1 fully saturated rings. The van der Waals surface area contributed by atoms with Gasteiger partial charge in [0.25, 0.3) is 0 Å². The second kappa shape index (κ2) is 5.12. The highest BCUT2D eigenvalue weighted by atomic mass is 16.5. The number of nitrogens with zero attached hydrogens (tertiary/aromatic N) is 1. The highest BCUT2D eigenvalue weighted by Crippen LogP contribution is 2.29. The molecule has 96 valence electrons. The van der Waals surface area contributed by atoms with Gasteiger partial charge in [-0.1, -0.05) is 18.2 Å². The molecule has 0 aliphatic heterocycles. The second-order valence-electron chi connectivity index (χ2n) is 5.11. The summed E-state index contributed by atoms with van der Waals surface area (Å²) in [7, 11) is 1.98. The molecule has 1 aromatic carbocycles. The van der Waals surface area contributed by atoms with Crippen LogP contribution in [0.15, 0.2) is 30.5 Å². The van der Waals surface area contributed by atoms with E-state index in [1.807, 2.05) is 7.05 Å². The van der Waals surface area contributed by atoms with E-state index in [0.717, 1.165) is 19.1 Å². The molecular formula is C15H20N2O. The molecule has 0 radical (unpaired) electrons. The summed E-state index contributed by atoms with van der Waals surface area (Å²) in [6, 6.07) is 8.61. The molecule has 0 atom stereocenters. The van der Waals surface area contributed by atoms with Crippen molar-refractivity contribution in [1.29, 1.82) is 0 Å². The van der Waals surface area contributed by atoms with Gasteiger partial charge in [-0.25, -0.2) is 0 Å². The number of nitrogens with one attached hydrogen (secondary N) is 1. The van der Waals surface area contributed by atoms with E-state index in [4.69, 9.17) is 4.74 Å². The van der Waals surface area contributed by atoms with Crippen molar-refractivity contribution in [3.63, 3.8) is 0 Å². The van der Waals surface area contributed by atoms with Gasteiger partial charge in [0.15, 0.2) is 0 Å². The third kappa shape index (κ3) is 2.42. The zero-order valence-corrected chi connectivity index (χ0v) is 10.9. The van der Waals surface area contributed by atoms with Gasteiger partial charge >= 0.3 is 0 Å². The highest BCUT2D eigenvalue weighted by Gasteiger charge is 2.21. The van der Waals surface area contributed by atoms with Gasteiger partial charge in [-0.2, -0.15) is 0 Å². The lowest BCUT2D eigenvalue weighted by Crippen LogP contribution is -2.09. The van der Waals surface area contributed by atoms with Crippen LogP contribution in [0.3, 0.4) is 0 Å². The Balaban J connectivity index is 1.80. The molecule has 0 spiro atoms. The van der Waals surface area contributed by atoms with Crippen LogP contribution >= 0.6 is 0 Å². The van der Waals surface area contributed by atoms with E-state index in [-0.39, 0.29) is 0 Å². The Morgan fingerprint density at radius 3 is 3.00 bits per heavy atom. The number of ether oxygens (including phenoxy) is 1. The molecule has 0 amide bonds. The van der Waals surface area contributed by atoms with Gasteiger partial charge < -0.3 is 14.6 Å². The Morgan fingerprint density at radius 1 is 1.33 bits per heavy atom. The van der Waals surface area contributed by atoms with Gasteiger partial charge in [0.05, 0.1) is 12.1 Å². The smallest absolute Gasteiger partial charge is 0.122 e. The minimum absolute atomic E-state index is 0.667. The molecule has 2 aromatic rings. The first kappa shape index (κ1) is 11.8. The SMILES string of the molecule is CNCc1cccc2ccn(COCC3CC3)c12. The van der Waals surface area contributed by atoms with Crippen LogP contribution in [0, 0.1) is 5.92 Å². The lowest BCUT2D eigenvalue weighted by Gasteiger charge is -2.10. The van der Waals surface area contributed by atoms with E-state index in [0.29, 0.717) is 6.73 Å². The Labute approximate surface area is 108 Å². The quantitative estimate of drug-likeness (QED) is 0.845. The predicted octanol–water partition coefficient (Wildman–Crippen LogP) is 2.74. The maximum absolute atomic E-state index is 5.79. The number of fused-ring (bicyclic) bond motifs is 1. The van der Waals surface area contributed by atoms with Crippen molar-refractivity contribution in [3.05, 3.63) is 36.0 Å². The number of rotatable bonds is 6. The molecular weight excluding hydrogens is 224 g/mol. The Kier molecular flexibility index (Phi) is 3.35. The average Bonchev–Trinajstić information content (AvgIpc) is 3.10. The minimum atomic E-state index is 0.667. The summed E-state index contributed by atoms with van der Waals surface area (Å²) in [6.07, 6.45) is 4.81. The Hall–Kier alpha value is -1.32. The summed E-state index contributed by atoms with van der Waals surface area (Å²) in [4.78, 5) is 0. The zero-order valence-electron chi connectivity index (χ0n) is 10.9. The van der Waals surface area contributed by atoms with Crippen molar-refractivity contribution >= 4 is 10.9 Å². The summed E-state index contributed by atoms with van der Waals surface area (Å²) in [5.41, 5.74) is 2.62. The first-order valence-corrected chi connectivity index (χ1v) is 6.67. The highest BCUT2D eigenvalue weighted by molar-refractivity contribution is 5.83. The largest absolute Gasteiger partial charge is 0.360 e. The molecule has 1 N–H and O–H groups in total. The van der Waals surface area contributed by atoms with E-state index in [1.54, 1.807) is 0 Å². The summed E-state index contributed by atoms with van der Waals surface area (Å²) in [5.74, 6) is 0.823. The van der Waals surface area contributed by atoms with E-state index >= 15 is 0 Å². The Bertz CT molecular complexity index is 528. The molecule has 3 heteroatoms. The standard InChI is InChI=1S/C15H20N2O/c1-16-9-14-4-2-3-13-7-8-17(15(13)14)11-18-10-12-5-6-12/h2-4,7-8,12,16H,5-6,9-11H2,1H3. The molecule has 1 aromatic heterocycles. The van der Waals surface area contributed by atoms with E-state index in [9.17, 15) is 0 Å². The number of para-hydroxylation sites is 1. The van der Waals surface area contributed by atoms with E-state index in [2.05, 4.69) is 40.3 Å². The van der Waals surface area contributed by atoms with Crippen LogP contribution in [-0.2, 0) is 18.0 Å². The van der Waals surface area contributed by atoms with Gasteiger partial charge in [0, 0.05) is 12.7 Å². The summed E-state index contributed by atoms with van der Waals surface area (Å²) in [5, 5.41) is 4.51. The lowest BCUT2D eigenvalue weighted by atomic mass is 10.1. The topological polar surface area (TPSA) is 26.2 Å². The van der Waals surface area contributed by atoms with Gasteiger partial charge in [-0.3, -0.25) is 0 Å². The van der Waals surface area contributed by atoms with Crippen LogP contribution in [0.4, 0.5) is 0 Å². The first-order valence-electron chi connectivity index (χ1n) is 6.67. The van der Waals surface area contributed by atoms with Crippen LogP contribution in [0.2, 0.25) is 0 Å². The fourth-order valence-electron chi connectivity index (χ4n) is 2.38. The molecule has 3 nitrogen and oxygen atoms in total. The van der Waals surface area contributed by atoms with Gasteiger partial charge in [0.1, 0.15) is 6.73 Å². The van der Waals surface area contributed by atoms with Crippen LogP contribution in [0.5, 0.6) is 0 Å². The maximum Gasteiger partial charge on any atom is 0.122 e. The number of aromatic nitrogens is 1. The fourth-order valence-corrected chi connectivity index (χ4v) is 2.38. The average molecular weight is 244 g/mol. The van der Waals surface area contributed by atoms with Crippen LogP contribution in [0.25, 0.3) is 10.9 Å². The van der Waals surface area contributed by atoms with E-state index < -0.39 is 0 Å². The second-order valence-corrected chi connectivity index (χ2v) is 5.11. The minimum Gasteiger partial charge on any atom is -0.360 e. The zero-order chi connectivity index (χ0) is 12.4. The van der Waals surface area contributed by atoms with Crippen molar-refractivity contribution in [2.75, 3.05) is 13.7 Å². The number of benzene rings is 1.